The molecule has 1 saturated heterocycles. The van der Waals surface area contributed by atoms with Crippen LogP contribution >= 0.6 is 11.3 Å². The molecule has 0 bridgehead atoms. The number of aryl methyl sites for hydroxylation is 1. The van der Waals surface area contributed by atoms with Gasteiger partial charge in [0.15, 0.2) is 5.13 Å². The molecule has 0 saturated carbocycles. The molecule has 2 rings (SSSR count). The third-order valence-electron chi connectivity index (χ3n) is 3.24. The van der Waals surface area contributed by atoms with E-state index in [9.17, 15) is 0 Å². The lowest BCUT2D eigenvalue weighted by molar-refractivity contribution is -0.00523. The van der Waals surface area contributed by atoms with Crippen molar-refractivity contribution in [2.45, 2.75) is 59.4 Å². The largest absolute Gasteiger partial charge is 0.372 e. The predicted molar refractivity (Wildman–Crippen MR) is 81.0 cm³/mol. The molecule has 1 aromatic heterocycles. The van der Waals surface area contributed by atoms with E-state index >= 15 is 0 Å². The van der Waals surface area contributed by atoms with Gasteiger partial charge in [0.2, 0.25) is 0 Å². The van der Waals surface area contributed by atoms with E-state index in [1.54, 1.807) is 0 Å². The van der Waals surface area contributed by atoms with Crippen LogP contribution in [-0.2, 0) is 11.3 Å². The maximum atomic E-state index is 5.78. The standard InChI is InChI=1S/C14H25N3OS/c1-9(2)15-6-13-12(5)16-14(19-13)17-7-10(3)18-11(4)8-17/h9-11,15H,6-8H2,1-5H3. The lowest BCUT2D eigenvalue weighted by Crippen LogP contribution is -2.45. The molecule has 2 unspecified atom stereocenters. The fourth-order valence-corrected chi connectivity index (χ4v) is 3.37. The topological polar surface area (TPSA) is 37.4 Å². The molecule has 1 aliphatic heterocycles. The molecule has 0 radical (unpaired) electrons. The zero-order chi connectivity index (χ0) is 14.0. The summed E-state index contributed by atoms with van der Waals surface area (Å²) < 4.78 is 5.78. The molecular weight excluding hydrogens is 258 g/mol. The Morgan fingerprint density at radius 2 is 2.00 bits per heavy atom. The Balaban J connectivity index is 2.06. The number of nitrogens with zero attached hydrogens (tertiary/aromatic N) is 2. The Kier molecular flexibility index (Phi) is 4.81. The normalized spacial score (nSPS) is 24.2. The van der Waals surface area contributed by atoms with Crippen molar-refractivity contribution in [2.75, 3.05) is 18.0 Å². The summed E-state index contributed by atoms with van der Waals surface area (Å²) in [5.41, 5.74) is 1.15. The Morgan fingerprint density at radius 1 is 1.37 bits per heavy atom. The van der Waals surface area contributed by atoms with E-state index in [0.29, 0.717) is 6.04 Å². The third kappa shape index (κ3) is 3.91. The number of nitrogens with one attached hydrogen (secondary N) is 1. The maximum absolute atomic E-state index is 5.78. The van der Waals surface area contributed by atoms with E-state index in [4.69, 9.17) is 9.72 Å². The molecule has 108 valence electrons. The van der Waals surface area contributed by atoms with Gasteiger partial charge >= 0.3 is 0 Å². The van der Waals surface area contributed by atoms with Gasteiger partial charge in [-0.05, 0) is 20.8 Å². The van der Waals surface area contributed by atoms with Gasteiger partial charge in [-0.1, -0.05) is 13.8 Å². The first-order chi connectivity index (χ1) is 8.95. The molecule has 4 nitrogen and oxygen atoms in total. The van der Waals surface area contributed by atoms with E-state index in [1.165, 1.54) is 4.88 Å². The maximum Gasteiger partial charge on any atom is 0.185 e. The van der Waals surface area contributed by atoms with Crippen molar-refractivity contribution in [3.05, 3.63) is 10.6 Å². The van der Waals surface area contributed by atoms with Crippen LogP contribution in [0.3, 0.4) is 0 Å². The van der Waals surface area contributed by atoms with Crippen molar-refractivity contribution in [3.8, 4) is 0 Å². The summed E-state index contributed by atoms with van der Waals surface area (Å²) in [5, 5.41) is 4.60. The van der Waals surface area contributed by atoms with Crippen molar-refractivity contribution in [2.24, 2.45) is 0 Å². The molecule has 0 aliphatic carbocycles. The number of rotatable bonds is 4. The second kappa shape index (κ2) is 6.20. The molecule has 1 aliphatic rings. The number of hydrogen-bond acceptors (Lipinski definition) is 5. The number of aromatic nitrogens is 1. The SMILES string of the molecule is Cc1nc(N2CC(C)OC(C)C2)sc1CNC(C)C. The summed E-state index contributed by atoms with van der Waals surface area (Å²) in [6.07, 6.45) is 0.565. The second-order valence-corrected chi connectivity index (χ2v) is 6.76. The smallest absolute Gasteiger partial charge is 0.185 e. The predicted octanol–water partition coefficient (Wildman–Crippen LogP) is 2.56. The summed E-state index contributed by atoms with van der Waals surface area (Å²) in [6.45, 7) is 13.5. The zero-order valence-electron chi connectivity index (χ0n) is 12.6. The molecule has 0 aromatic carbocycles. The number of hydrogen-bond donors (Lipinski definition) is 1. The van der Waals surface area contributed by atoms with E-state index in [2.05, 4.69) is 44.8 Å². The summed E-state index contributed by atoms with van der Waals surface area (Å²) >= 11 is 1.81. The zero-order valence-corrected chi connectivity index (χ0v) is 13.4. The third-order valence-corrected chi connectivity index (χ3v) is 4.46. The van der Waals surface area contributed by atoms with Crippen molar-refractivity contribution in [3.63, 3.8) is 0 Å². The van der Waals surface area contributed by atoms with E-state index < -0.39 is 0 Å². The number of morpholine rings is 1. The monoisotopic (exact) mass is 283 g/mol. The minimum Gasteiger partial charge on any atom is -0.372 e. The molecular formula is C14H25N3OS. The van der Waals surface area contributed by atoms with Gasteiger partial charge in [-0.25, -0.2) is 4.98 Å². The van der Waals surface area contributed by atoms with E-state index in [1.807, 2.05) is 11.3 Å². The molecule has 2 heterocycles. The number of anilines is 1. The van der Waals surface area contributed by atoms with Gasteiger partial charge in [0.1, 0.15) is 0 Å². The molecule has 1 N–H and O–H groups in total. The Labute approximate surface area is 120 Å². The van der Waals surface area contributed by atoms with Crippen molar-refractivity contribution in [1.29, 1.82) is 0 Å². The van der Waals surface area contributed by atoms with Gasteiger partial charge in [0, 0.05) is 30.6 Å². The van der Waals surface area contributed by atoms with Crippen LogP contribution in [0.2, 0.25) is 0 Å². The second-order valence-electron chi connectivity index (χ2n) is 5.70. The van der Waals surface area contributed by atoms with Gasteiger partial charge in [-0.15, -0.1) is 11.3 Å². The fraction of sp³-hybridized carbons (Fsp3) is 0.786. The lowest BCUT2D eigenvalue weighted by Gasteiger charge is -2.35. The van der Waals surface area contributed by atoms with Crippen LogP contribution in [0.15, 0.2) is 0 Å². The molecule has 0 spiro atoms. The minimum atomic E-state index is 0.283. The number of thiazole rings is 1. The van der Waals surface area contributed by atoms with Crippen LogP contribution in [0.1, 0.15) is 38.3 Å². The summed E-state index contributed by atoms with van der Waals surface area (Å²) in [4.78, 5) is 8.43. The van der Waals surface area contributed by atoms with Crippen LogP contribution < -0.4 is 10.2 Å². The van der Waals surface area contributed by atoms with Gasteiger partial charge in [0.25, 0.3) is 0 Å². The molecule has 5 heteroatoms. The first-order valence-corrected chi connectivity index (χ1v) is 7.87. The van der Waals surface area contributed by atoms with Gasteiger partial charge in [-0.3, -0.25) is 0 Å². The van der Waals surface area contributed by atoms with Crippen molar-refractivity contribution < 1.29 is 4.74 Å². The van der Waals surface area contributed by atoms with Crippen LogP contribution in [0.25, 0.3) is 0 Å². The first-order valence-electron chi connectivity index (χ1n) is 7.05. The summed E-state index contributed by atoms with van der Waals surface area (Å²) in [5.74, 6) is 0. The van der Waals surface area contributed by atoms with Crippen molar-refractivity contribution in [1.82, 2.24) is 10.3 Å². The summed E-state index contributed by atoms with van der Waals surface area (Å²) in [7, 11) is 0. The highest BCUT2D eigenvalue weighted by atomic mass is 32.1. The fourth-order valence-electron chi connectivity index (χ4n) is 2.34. The highest BCUT2D eigenvalue weighted by Crippen LogP contribution is 2.28. The van der Waals surface area contributed by atoms with E-state index in [0.717, 1.165) is 30.5 Å². The van der Waals surface area contributed by atoms with Crippen LogP contribution in [0.5, 0.6) is 0 Å². The van der Waals surface area contributed by atoms with Gasteiger partial charge in [-0.2, -0.15) is 0 Å². The molecule has 1 fully saturated rings. The Hall–Kier alpha value is -0.650. The average Bonchev–Trinajstić information content (AvgIpc) is 2.67. The molecule has 0 amide bonds. The lowest BCUT2D eigenvalue weighted by atomic mass is 10.2. The van der Waals surface area contributed by atoms with Crippen LogP contribution in [0, 0.1) is 6.92 Å². The molecule has 2 atom stereocenters. The summed E-state index contributed by atoms with van der Waals surface area (Å²) in [6, 6.07) is 0.508. The molecule has 1 aromatic rings. The Bertz CT molecular complexity index is 409. The minimum absolute atomic E-state index is 0.283. The van der Waals surface area contributed by atoms with Gasteiger partial charge in [0.05, 0.1) is 17.9 Å². The quantitative estimate of drug-likeness (QED) is 0.921. The van der Waals surface area contributed by atoms with Crippen LogP contribution in [0.4, 0.5) is 5.13 Å². The van der Waals surface area contributed by atoms with Crippen LogP contribution in [-0.4, -0.2) is 36.3 Å². The van der Waals surface area contributed by atoms with E-state index in [-0.39, 0.29) is 12.2 Å². The first kappa shape index (κ1) is 14.8. The highest BCUT2D eigenvalue weighted by Gasteiger charge is 2.24. The Morgan fingerprint density at radius 3 is 2.58 bits per heavy atom. The molecule has 19 heavy (non-hydrogen) atoms. The highest BCUT2D eigenvalue weighted by molar-refractivity contribution is 7.15. The van der Waals surface area contributed by atoms with Gasteiger partial charge < -0.3 is 15.0 Å². The van der Waals surface area contributed by atoms with Crippen molar-refractivity contribution >= 4 is 16.5 Å². The average molecular weight is 283 g/mol. The number of ether oxygens (including phenoxy) is 1.